The number of amides is 4. The van der Waals surface area contributed by atoms with Crippen LogP contribution in [0.15, 0.2) is 90.5 Å². The number of hydrogen-bond acceptors (Lipinski definition) is 6. The molecular weight excluding hydrogens is 548 g/mol. The van der Waals surface area contributed by atoms with Gasteiger partial charge in [-0.05, 0) is 62.2 Å². The molecular formula is C33H38N4O6. The Kier molecular flexibility index (Phi) is 12.3. The van der Waals surface area contributed by atoms with Crippen LogP contribution in [-0.2, 0) is 25.5 Å². The molecule has 0 atom stereocenters. The molecule has 0 heterocycles. The number of carbonyl (C=O) groups is 4. The number of benzene rings is 3. The molecule has 0 unspecified atom stereocenters. The van der Waals surface area contributed by atoms with Crippen molar-refractivity contribution in [2.75, 3.05) is 49.0 Å². The zero-order valence-corrected chi connectivity index (χ0v) is 25.0. The van der Waals surface area contributed by atoms with Gasteiger partial charge in [0, 0.05) is 25.0 Å². The molecule has 0 aliphatic carbocycles. The molecule has 0 saturated heterocycles. The first-order chi connectivity index (χ1) is 20.7. The highest BCUT2D eigenvalue weighted by Gasteiger charge is 2.21. The quantitative estimate of drug-likeness (QED) is 0.216. The van der Waals surface area contributed by atoms with Crippen molar-refractivity contribution < 1.29 is 28.7 Å². The van der Waals surface area contributed by atoms with Crippen LogP contribution in [0.5, 0.6) is 5.75 Å². The molecule has 0 aliphatic rings. The zero-order chi connectivity index (χ0) is 31.2. The van der Waals surface area contributed by atoms with Gasteiger partial charge in [-0.15, -0.1) is 0 Å². The Morgan fingerprint density at radius 1 is 0.884 bits per heavy atom. The number of anilines is 3. The largest absolute Gasteiger partial charge is 0.482 e. The van der Waals surface area contributed by atoms with Crippen molar-refractivity contribution in [2.45, 2.75) is 26.7 Å². The lowest BCUT2D eigenvalue weighted by Crippen LogP contribution is -2.42. The summed E-state index contributed by atoms with van der Waals surface area (Å²) in [6, 6.07) is 22.5. The topological polar surface area (TPSA) is 117 Å². The molecule has 2 N–H and O–H groups in total. The molecule has 3 aromatic rings. The number of allylic oxidation sites excluding steroid dienone is 1. The standard InChI is InChI=1S/C33H38N4O6/c1-24(2)12-11-19-37(30(38)22-34-33(41)35-26-14-10-13-25(20-26)21-32(40)42-4)28-17-8-9-18-29(28)43-23-31(39)36(3)27-15-6-5-7-16-27/h5-10,12-18,20H,11,19,21-23H2,1-4H3,(H2,34,35,41). The average Bonchev–Trinajstić information content (AvgIpc) is 3.01. The first-order valence-electron chi connectivity index (χ1n) is 13.9. The molecule has 0 aromatic heterocycles. The van der Waals surface area contributed by atoms with E-state index < -0.39 is 12.0 Å². The van der Waals surface area contributed by atoms with Gasteiger partial charge < -0.3 is 29.9 Å². The number of rotatable bonds is 13. The van der Waals surface area contributed by atoms with Gasteiger partial charge >= 0.3 is 12.0 Å². The van der Waals surface area contributed by atoms with E-state index in [2.05, 4.69) is 10.6 Å². The molecule has 0 aliphatic heterocycles. The lowest BCUT2D eigenvalue weighted by Gasteiger charge is -2.25. The molecule has 0 radical (unpaired) electrons. The minimum atomic E-state index is -0.577. The van der Waals surface area contributed by atoms with Gasteiger partial charge in [-0.1, -0.05) is 54.1 Å². The molecule has 226 valence electrons. The molecule has 0 bridgehead atoms. The van der Waals surface area contributed by atoms with Crippen molar-refractivity contribution in [3.63, 3.8) is 0 Å². The lowest BCUT2D eigenvalue weighted by molar-refractivity contribution is -0.139. The number of methoxy groups -OCH3 is 1. The van der Waals surface area contributed by atoms with E-state index in [0.29, 0.717) is 35.7 Å². The summed E-state index contributed by atoms with van der Waals surface area (Å²) in [5.74, 6) is -0.634. The van der Waals surface area contributed by atoms with E-state index in [1.54, 1.807) is 55.6 Å². The van der Waals surface area contributed by atoms with Crippen LogP contribution < -0.4 is 25.2 Å². The van der Waals surface area contributed by atoms with E-state index in [0.717, 1.165) is 11.3 Å². The highest BCUT2D eigenvalue weighted by Crippen LogP contribution is 2.29. The van der Waals surface area contributed by atoms with Crippen molar-refractivity contribution >= 4 is 40.9 Å². The number of esters is 1. The molecule has 0 spiro atoms. The molecule has 3 rings (SSSR count). The third-order valence-corrected chi connectivity index (χ3v) is 6.39. The molecule has 43 heavy (non-hydrogen) atoms. The summed E-state index contributed by atoms with van der Waals surface area (Å²) in [5, 5.41) is 5.29. The number of para-hydroxylation sites is 3. The van der Waals surface area contributed by atoms with Gasteiger partial charge in [0.15, 0.2) is 6.61 Å². The third kappa shape index (κ3) is 10.3. The summed E-state index contributed by atoms with van der Waals surface area (Å²) >= 11 is 0. The fourth-order valence-electron chi connectivity index (χ4n) is 4.12. The van der Waals surface area contributed by atoms with E-state index in [-0.39, 0.29) is 31.4 Å². The van der Waals surface area contributed by atoms with Gasteiger partial charge in [0.1, 0.15) is 5.75 Å². The molecule has 0 saturated carbocycles. The minimum absolute atomic E-state index is 0.0718. The molecule has 10 nitrogen and oxygen atoms in total. The summed E-state index contributed by atoms with van der Waals surface area (Å²) in [6.45, 7) is 3.77. The summed E-state index contributed by atoms with van der Waals surface area (Å²) < 4.78 is 10.6. The predicted octanol–water partition coefficient (Wildman–Crippen LogP) is 4.95. The summed E-state index contributed by atoms with van der Waals surface area (Å²) in [7, 11) is 2.99. The number of hydrogen-bond donors (Lipinski definition) is 2. The maximum absolute atomic E-state index is 13.4. The molecule has 3 aromatic carbocycles. The van der Waals surface area contributed by atoms with Crippen LogP contribution in [0.2, 0.25) is 0 Å². The maximum Gasteiger partial charge on any atom is 0.319 e. The van der Waals surface area contributed by atoms with E-state index in [1.165, 1.54) is 16.9 Å². The molecule has 4 amide bonds. The second-order valence-corrected chi connectivity index (χ2v) is 9.92. The first kappa shape index (κ1) is 32.4. The fraction of sp³-hybridized carbons (Fsp3) is 0.273. The van der Waals surface area contributed by atoms with Crippen LogP contribution >= 0.6 is 0 Å². The van der Waals surface area contributed by atoms with Gasteiger partial charge in [-0.25, -0.2) is 4.79 Å². The number of urea groups is 1. The highest BCUT2D eigenvalue weighted by atomic mass is 16.5. The first-order valence-corrected chi connectivity index (χ1v) is 13.9. The SMILES string of the molecule is COC(=O)Cc1cccc(NC(=O)NCC(=O)N(CCC=C(C)C)c2ccccc2OCC(=O)N(C)c2ccccc2)c1. The van der Waals surface area contributed by atoms with E-state index in [1.807, 2.05) is 50.3 Å². The van der Waals surface area contributed by atoms with E-state index in [4.69, 9.17) is 9.47 Å². The number of nitrogens with zero attached hydrogens (tertiary/aromatic N) is 2. The minimum Gasteiger partial charge on any atom is -0.482 e. The number of ether oxygens (including phenoxy) is 2. The number of nitrogens with one attached hydrogen (secondary N) is 2. The second-order valence-electron chi connectivity index (χ2n) is 9.92. The summed E-state index contributed by atoms with van der Waals surface area (Å²) in [6.07, 6.45) is 2.67. The summed E-state index contributed by atoms with van der Waals surface area (Å²) in [4.78, 5) is 53.5. The number of carbonyl (C=O) groups excluding carboxylic acids is 4. The Balaban J connectivity index is 1.69. The highest BCUT2D eigenvalue weighted by molar-refractivity contribution is 5.99. The van der Waals surface area contributed by atoms with Crippen LogP contribution in [0.25, 0.3) is 0 Å². The van der Waals surface area contributed by atoms with E-state index in [9.17, 15) is 19.2 Å². The van der Waals surface area contributed by atoms with Crippen LogP contribution in [0, 0.1) is 0 Å². The molecule has 10 heteroatoms. The van der Waals surface area contributed by atoms with Crippen molar-refractivity contribution in [3.8, 4) is 5.75 Å². The van der Waals surface area contributed by atoms with E-state index >= 15 is 0 Å². The lowest BCUT2D eigenvalue weighted by atomic mass is 10.1. The predicted molar refractivity (Wildman–Crippen MR) is 167 cm³/mol. The van der Waals surface area contributed by atoms with Crippen LogP contribution in [0.1, 0.15) is 25.8 Å². The van der Waals surface area contributed by atoms with Gasteiger partial charge in [0.05, 0.1) is 25.8 Å². The van der Waals surface area contributed by atoms with Gasteiger partial charge in [0.25, 0.3) is 5.91 Å². The van der Waals surface area contributed by atoms with Crippen molar-refractivity contribution in [3.05, 3.63) is 96.1 Å². The Bertz CT molecular complexity index is 1440. The van der Waals surface area contributed by atoms with Crippen molar-refractivity contribution in [1.82, 2.24) is 5.32 Å². The second kappa shape index (κ2) is 16.4. The van der Waals surface area contributed by atoms with Gasteiger partial charge in [-0.3, -0.25) is 14.4 Å². The Hall–Kier alpha value is -5.12. The smallest absolute Gasteiger partial charge is 0.319 e. The Morgan fingerprint density at radius 2 is 1.60 bits per heavy atom. The average molecular weight is 587 g/mol. The fourth-order valence-corrected chi connectivity index (χ4v) is 4.12. The van der Waals surface area contributed by atoms with Crippen molar-refractivity contribution in [2.24, 2.45) is 0 Å². The molecule has 0 fully saturated rings. The van der Waals surface area contributed by atoms with Crippen molar-refractivity contribution in [1.29, 1.82) is 0 Å². The number of likely N-dealkylation sites (N-methyl/N-ethyl adjacent to an activating group) is 1. The third-order valence-electron chi connectivity index (χ3n) is 6.39. The van der Waals surface area contributed by atoms with Gasteiger partial charge in [-0.2, -0.15) is 0 Å². The zero-order valence-electron chi connectivity index (χ0n) is 25.0. The Morgan fingerprint density at radius 3 is 2.33 bits per heavy atom. The normalized spacial score (nSPS) is 10.2. The van der Waals surface area contributed by atoms with Crippen LogP contribution in [-0.4, -0.2) is 57.7 Å². The Labute approximate surface area is 252 Å². The summed E-state index contributed by atoms with van der Waals surface area (Å²) in [5.41, 5.74) is 3.48. The van der Waals surface area contributed by atoms with Crippen LogP contribution in [0.4, 0.5) is 21.9 Å². The van der Waals surface area contributed by atoms with Gasteiger partial charge in [0.2, 0.25) is 5.91 Å². The monoisotopic (exact) mass is 586 g/mol. The van der Waals surface area contributed by atoms with Crippen LogP contribution in [0.3, 0.4) is 0 Å². The maximum atomic E-state index is 13.4.